The van der Waals surface area contributed by atoms with Crippen LogP contribution < -0.4 is 5.32 Å². The number of hydrogen-bond donors (Lipinski definition) is 1. The summed E-state index contributed by atoms with van der Waals surface area (Å²) >= 11 is 0. The quantitative estimate of drug-likeness (QED) is 0.738. The number of nitrogens with one attached hydrogen (secondary N) is 1. The summed E-state index contributed by atoms with van der Waals surface area (Å²) in [5.41, 5.74) is 0. The molecule has 0 aromatic heterocycles. The van der Waals surface area contributed by atoms with E-state index >= 15 is 0 Å². The van der Waals surface area contributed by atoms with Crippen LogP contribution in [0.5, 0.6) is 0 Å². The van der Waals surface area contributed by atoms with Gasteiger partial charge in [0, 0.05) is 20.5 Å². The van der Waals surface area contributed by atoms with Crippen LogP contribution in [0.2, 0.25) is 0 Å². The first-order valence-corrected chi connectivity index (χ1v) is 8.12. The number of piperidine rings is 1. The van der Waals surface area contributed by atoms with Crippen LogP contribution in [0.4, 0.5) is 0 Å². The Hall–Kier alpha value is -0.610. The summed E-state index contributed by atoms with van der Waals surface area (Å²) in [6.07, 6.45) is 4.27. The lowest BCUT2D eigenvalue weighted by molar-refractivity contribution is -0.128. The predicted molar refractivity (Wildman–Crippen MR) is 84.8 cm³/mol. The molecular formula is C16H33N3O. The van der Waals surface area contributed by atoms with Crippen molar-refractivity contribution in [2.24, 2.45) is 11.8 Å². The number of carbonyl (C=O) groups is 1. The van der Waals surface area contributed by atoms with Crippen LogP contribution in [0.15, 0.2) is 0 Å². The first-order chi connectivity index (χ1) is 9.49. The number of rotatable bonds is 8. The van der Waals surface area contributed by atoms with E-state index in [0.29, 0.717) is 6.42 Å². The molecule has 0 aromatic carbocycles. The molecule has 118 valence electrons. The fourth-order valence-electron chi connectivity index (χ4n) is 2.67. The van der Waals surface area contributed by atoms with Gasteiger partial charge in [0.2, 0.25) is 5.91 Å². The second-order valence-electron chi connectivity index (χ2n) is 6.73. The lowest BCUT2D eigenvalue weighted by Crippen LogP contribution is -2.38. The Morgan fingerprint density at radius 1 is 1.30 bits per heavy atom. The van der Waals surface area contributed by atoms with Crippen molar-refractivity contribution >= 4 is 5.91 Å². The number of likely N-dealkylation sites (tertiary alicyclic amines) is 1. The van der Waals surface area contributed by atoms with Gasteiger partial charge in [0.25, 0.3) is 0 Å². The van der Waals surface area contributed by atoms with Crippen LogP contribution >= 0.6 is 0 Å². The first-order valence-electron chi connectivity index (χ1n) is 8.12. The van der Waals surface area contributed by atoms with Gasteiger partial charge in [0.1, 0.15) is 0 Å². The summed E-state index contributed by atoms with van der Waals surface area (Å²) in [5, 5.41) is 3.57. The Balaban J connectivity index is 2.05. The topological polar surface area (TPSA) is 35.6 Å². The summed E-state index contributed by atoms with van der Waals surface area (Å²) < 4.78 is 0. The van der Waals surface area contributed by atoms with Gasteiger partial charge in [0.15, 0.2) is 0 Å². The zero-order chi connectivity index (χ0) is 15.0. The number of amides is 1. The largest absolute Gasteiger partial charge is 0.349 e. The Kier molecular flexibility index (Phi) is 8.15. The second-order valence-corrected chi connectivity index (χ2v) is 6.73. The summed E-state index contributed by atoms with van der Waals surface area (Å²) in [5.74, 6) is 1.83. The third-order valence-electron chi connectivity index (χ3n) is 4.06. The van der Waals surface area contributed by atoms with Crippen molar-refractivity contribution in [2.75, 3.05) is 46.8 Å². The standard InChI is InChI=1S/C16H33N3O/c1-14(2)12-17-13-15-7-10-19(11-8-15)9-5-6-16(20)18(3)4/h14-15,17H,5-13H2,1-4H3. The second kappa shape index (κ2) is 9.35. The summed E-state index contributed by atoms with van der Waals surface area (Å²) in [6, 6.07) is 0. The van der Waals surface area contributed by atoms with Gasteiger partial charge in [-0.3, -0.25) is 4.79 Å². The van der Waals surface area contributed by atoms with Crippen molar-refractivity contribution < 1.29 is 4.79 Å². The molecule has 1 saturated heterocycles. The normalized spacial score (nSPS) is 17.6. The molecule has 1 N–H and O–H groups in total. The van der Waals surface area contributed by atoms with Crippen molar-refractivity contribution in [3.63, 3.8) is 0 Å². The maximum absolute atomic E-state index is 11.5. The van der Waals surface area contributed by atoms with E-state index in [-0.39, 0.29) is 5.91 Å². The molecule has 0 aromatic rings. The van der Waals surface area contributed by atoms with Crippen LogP contribution in [0, 0.1) is 11.8 Å². The van der Waals surface area contributed by atoms with E-state index in [1.165, 1.54) is 32.5 Å². The van der Waals surface area contributed by atoms with Gasteiger partial charge in [-0.05, 0) is 63.8 Å². The third-order valence-corrected chi connectivity index (χ3v) is 4.06. The van der Waals surface area contributed by atoms with Gasteiger partial charge >= 0.3 is 0 Å². The van der Waals surface area contributed by atoms with Crippen molar-refractivity contribution in [3.05, 3.63) is 0 Å². The Morgan fingerprint density at radius 2 is 1.95 bits per heavy atom. The molecule has 1 aliphatic heterocycles. The lowest BCUT2D eigenvalue weighted by atomic mass is 9.96. The zero-order valence-corrected chi connectivity index (χ0v) is 13.8. The van der Waals surface area contributed by atoms with Gasteiger partial charge in [-0.25, -0.2) is 0 Å². The molecule has 4 heteroatoms. The maximum atomic E-state index is 11.5. The molecular weight excluding hydrogens is 250 g/mol. The Labute approximate surface area is 124 Å². The van der Waals surface area contributed by atoms with Gasteiger partial charge in [-0.2, -0.15) is 0 Å². The van der Waals surface area contributed by atoms with Crippen LogP contribution in [0.3, 0.4) is 0 Å². The van der Waals surface area contributed by atoms with Crippen molar-refractivity contribution in [1.29, 1.82) is 0 Å². The molecule has 0 aliphatic carbocycles. The van der Waals surface area contributed by atoms with Crippen LogP contribution in [-0.2, 0) is 4.79 Å². The fourth-order valence-corrected chi connectivity index (χ4v) is 2.67. The highest BCUT2D eigenvalue weighted by atomic mass is 16.2. The fraction of sp³-hybridized carbons (Fsp3) is 0.938. The highest BCUT2D eigenvalue weighted by Crippen LogP contribution is 2.16. The minimum atomic E-state index is 0.248. The van der Waals surface area contributed by atoms with Crippen LogP contribution in [0.1, 0.15) is 39.5 Å². The highest BCUT2D eigenvalue weighted by Gasteiger charge is 2.18. The molecule has 0 radical (unpaired) electrons. The highest BCUT2D eigenvalue weighted by molar-refractivity contribution is 5.75. The van der Waals surface area contributed by atoms with Crippen molar-refractivity contribution in [2.45, 2.75) is 39.5 Å². The molecule has 0 atom stereocenters. The molecule has 0 bridgehead atoms. The minimum absolute atomic E-state index is 0.248. The van der Waals surface area contributed by atoms with E-state index in [0.717, 1.165) is 31.3 Å². The molecule has 0 saturated carbocycles. The smallest absolute Gasteiger partial charge is 0.222 e. The first kappa shape index (κ1) is 17.4. The third kappa shape index (κ3) is 7.25. The van der Waals surface area contributed by atoms with Crippen molar-refractivity contribution in [3.8, 4) is 0 Å². The molecule has 1 aliphatic rings. The SMILES string of the molecule is CC(C)CNCC1CCN(CCCC(=O)N(C)C)CC1. The minimum Gasteiger partial charge on any atom is -0.349 e. The molecule has 0 spiro atoms. The molecule has 1 fully saturated rings. The zero-order valence-electron chi connectivity index (χ0n) is 13.8. The molecule has 1 amide bonds. The Morgan fingerprint density at radius 3 is 2.50 bits per heavy atom. The van der Waals surface area contributed by atoms with E-state index in [1.807, 2.05) is 14.1 Å². The van der Waals surface area contributed by atoms with E-state index < -0.39 is 0 Å². The van der Waals surface area contributed by atoms with Crippen LogP contribution in [-0.4, -0.2) is 62.5 Å². The number of carbonyl (C=O) groups excluding carboxylic acids is 1. The van der Waals surface area contributed by atoms with Gasteiger partial charge in [-0.1, -0.05) is 13.8 Å². The molecule has 20 heavy (non-hydrogen) atoms. The molecule has 1 rings (SSSR count). The van der Waals surface area contributed by atoms with Gasteiger partial charge in [-0.15, -0.1) is 0 Å². The molecule has 0 unspecified atom stereocenters. The Bertz CT molecular complexity index is 271. The average Bonchev–Trinajstić information content (AvgIpc) is 2.40. The summed E-state index contributed by atoms with van der Waals surface area (Å²) in [6.45, 7) is 10.3. The maximum Gasteiger partial charge on any atom is 0.222 e. The predicted octanol–water partition coefficient (Wildman–Crippen LogP) is 1.81. The van der Waals surface area contributed by atoms with E-state index in [1.54, 1.807) is 4.90 Å². The monoisotopic (exact) mass is 283 g/mol. The van der Waals surface area contributed by atoms with E-state index in [4.69, 9.17) is 0 Å². The van der Waals surface area contributed by atoms with E-state index in [2.05, 4.69) is 24.1 Å². The lowest BCUT2D eigenvalue weighted by Gasteiger charge is -2.32. The summed E-state index contributed by atoms with van der Waals surface area (Å²) in [4.78, 5) is 15.7. The molecule has 4 nitrogen and oxygen atoms in total. The van der Waals surface area contributed by atoms with E-state index in [9.17, 15) is 4.79 Å². The summed E-state index contributed by atoms with van der Waals surface area (Å²) in [7, 11) is 3.66. The number of nitrogens with zero attached hydrogens (tertiary/aromatic N) is 2. The van der Waals surface area contributed by atoms with Gasteiger partial charge < -0.3 is 15.1 Å². The van der Waals surface area contributed by atoms with Gasteiger partial charge in [0.05, 0.1) is 0 Å². The van der Waals surface area contributed by atoms with Crippen LogP contribution in [0.25, 0.3) is 0 Å². The number of hydrogen-bond acceptors (Lipinski definition) is 3. The van der Waals surface area contributed by atoms with Crippen molar-refractivity contribution in [1.82, 2.24) is 15.1 Å². The average molecular weight is 283 g/mol. The molecule has 1 heterocycles.